The van der Waals surface area contributed by atoms with Crippen LogP contribution in [-0.4, -0.2) is 6.61 Å². The second-order valence-electron chi connectivity index (χ2n) is 7.74. The van der Waals surface area contributed by atoms with E-state index in [0.29, 0.717) is 18.9 Å². The standard InChI is InChI=1S/C25H20F6O3/c1-3-5-13-10-15-11-14-6-8-17(21(28)23(14)33-24(15)22(29)20(13)27)25(30,31)34-16-7-9-19(32-4-2)18(26)12-16/h6-10,12H,3-5,11H2,1-2H3. The van der Waals surface area contributed by atoms with Crippen LogP contribution < -0.4 is 14.2 Å². The maximum absolute atomic E-state index is 15.1. The Morgan fingerprint density at radius 3 is 2.29 bits per heavy atom. The number of halogens is 6. The topological polar surface area (TPSA) is 27.7 Å². The molecule has 0 amide bonds. The summed E-state index contributed by atoms with van der Waals surface area (Å²) in [6.07, 6.45) is -3.38. The summed E-state index contributed by atoms with van der Waals surface area (Å²) in [5.41, 5.74) is -0.571. The van der Waals surface area contributed by atoms with Crippen LogP contribution in [0.3, 0.4) is 0 Å². The number of fused-ring (bicyclic) bond motifs is 2. The van der Waals surface area contributed by atoms with E-state index in [1.54, 1.807) is 6.92 Å². The third-order valence-electron chi connectivity index (χ3n) is 5.36. The van der Waals surface area contributed by atoms with Gasteiger partial charge in [-0.25, -0.2) is 13.2 Å². The van der Waals surface area contributed by atoms with E-state index in [9.17, 15) is 22.0 Å². The summed E-state index contributed by atoms with van der Waals surface area (Å²) in [4.78, 5) is 0. The minimum absolute atomic E-state index is 0.0354. The van der Waals surface area contributed by atoms with E-state index in [1.165, 1.54) is 12.1 Å². The molecule has 9 heteroatoms. The van der Waals surface area contributed by atoms with Gasteiger partial charge in [0.2, 0.25) is 5.82 Å². The van der Waals surface area contributed by atoms with Crippen molar-refractivity contribution in [2.75, 3.05) is 6.61 Å². The van der Waals surface area contributed by atoms with Crippen LogP contribution in [0.5, 0.6) is 23.0 Å². The van der Waals surface area contributed by atoms with Gasteiger partial charge >= 0.3 is 6.11 Å². The fraction of sp³-hybridized carbons (Fsp3) is 0.280. The number of benzene rings is 3. The number of hydrogen-bond donors (Lipinski definition) is 0. The molecule has 0 saturated carbocycles. The quantitative estimate of drug-likeness (QED) is 0.257. The van der Waals surface area contributed by atoms with Crippen LogP contribution in [0.4, 0.5) is 26.3 Å². The number of aryl methyl sites for hydroxylation is 1. The zero-order chi connectivity index (χ0) is 24.6. The molecule has 180 valence electrons. The van der Waals surface area contributed by atoms with E-state index in [1.807, 2.05) is 6.92 Å². The first-order valence-electron chi connectivity index (χ1n) is 10.6. The molecule has 1 aliphatic rings. The van der Waals surface area contributed by atoms with Gasteiger partial charge < -0.3 is 14.2 Å². The average Bonchev–Trinajstić information content (AvgIpc) is 2.78. The first-order chi connectivity index (χ1) is 16.2. The maximum Gasteiger partial charge on any atom is 0.429 e. The molecule has 34 heavy (non-hydrogen) atoms. The average molecular weight is 482 g/mol. The third-order valence-corrected chi connectivity index (χ3v) is 5.36. The van der Waals surface area contributed by atoms with Crippen molar-refractivity contribution in [2.45, 2.75) is 39.2 Å². The van der Waals surface area contributed by atoms with E-state index < -0.39 is 52.2 Å². The van der Waals surface area contributed by atoms with Crippen molar-refractivity contribution in [3.05, 3.63) is 81.9 Å². The van der Waals surface area contributed by atoms with Gasteiger partial charge in [0.1, 0.15) is 11.3 Å². The van der Waals surface area contributed by atoms with Gasteiger partial charge in [0, 0.05) is 23.6 Å². The monoisotopic (exact) mass is 482 g/mol. The van der Waals surface area contributed by atoms with Crippen molar-refractivity contribution < 1.29 is 40.6 Å². The van der Waals surface area contributed by atoms with Gasteiger partial charge in [0.05, 0.1) is 6.61 Å². The highest BCUT2D eigenvalue weighted by atomic mass is 19.3. The van der Waals surface area contributed by atoms with Crippen LogP contribution >= 0.6 is 0 Å². The summed E-state index contributed by atoms with van der Waals surface area (Å²) >= 11 is 0. The van der Waals surface area contributed by atoms with Crippen molar-refractivity contribution in [3.63, 3.8) is 0 Å². The molecular weight excluding hydrogens is 462 g/mol. The summed E-state index contributed by atoms with van der Waals surface area (Å²) in [5.74, 6) is -6.74. The molecule has 0 spiro atoms. The number of hydrogen-bond acceptors (Lipinski definition) is 3. The summed E-state index contributed by atoms with van der Waals surface area (Å²) in [5, 5.41) is 0. The second-order valence-corrected chi connectivity index (χ2v) is 7.74. The Labute approximate surface area is 191 Å². The third kappa shape index (κ3) is 4.26. The van der Waals surface area contributed by atoms with Crippen molar-refractivity contribution in [1.29, 1.82) is 0 Å². The minimum atomic E-state index is -4.23. The molecule has 0 aliphatic carbocycles. The molecule has 0 atom stereocenters. The largest absolute Gasteiger partial charge is 0.491 e. The fourth-order valence-electron chi connectivity index (χ4n) is 3.81. The van der Waals surface area contributed by atoms with Crippen molar-refractivity contribution in [3.8, 4) is 23.0 Å². The molecule has 3 aromatic rings. The van der Waals surface area contributed by atoms with Gasteiger partial charge in [-0.3, -0.25) is 0 Å². The number of ether oxygens (including phenoxy) is 3. The highest BCUT2D eigenvalue weighted by molar-refractivity contribution is 5.54. The lowest BCUT2D eigenvalue weighted by Crippen LogP contribution is -2.24. The van der Waals surface area contributed by atoms with E-state index in [-0.39, 0.29) is 35.5 Å². The van der Waals surface area contributed by atoms with Crippen molar-refractivity contribution in [1.82, 2.24) is 0 Å². The Balaban J connectivity index is 1.66. The van der Waals surface area contributed by atoms with E-state index >= 15 is 4.39 Å². The Morgan fingerprint density at radius 2 is 1.62 bits per heavy atom. The fourth-order valence-corrected chi connectivity index (χ4v) is 3.81. The Morgan fingerprint density at radius 1 is 0.882 bits per heavy atom. The van der Waals surface area contributed by atoms with Crippen LogP contribution in [0.25, 0.3) is 0 Å². The molecule has 3 nitrogen and oxygen atoms in total. The molecule has 0 radical (unpaired) electrons. The molecule has 0 unspecified atom stereocenters. The van der Waals surface area contributed by atoms with Crippen molar-refractivity contribution >= 4 is 0 Å². The normalized spacial score (nSPS) is 12.6. The molecule has 0 N–H and O–H groups in total. The molecule has 0 fully saturated rings. The van der Waals surface area contributed by atoms with Gasteiger partial charge in [0.15, 0.2) is 34.7 Å². The zero-order valence-electron chi connectivity index (χ0n) is 18.3. The van der Waals surface area contributed by atoms with E-state index in [4.69, 9.17) is 9.47 Å². The van der Waals surface area contributed by atoms with Crippen LogP contribution in [0.2, 0.25) is 0 Å². The summed E-state index contributed by atoms with van der Waals surface area (Å²) in [6.45, 7) is 3.60. The Hall–Kier alpha value is -3.36. The summed E-state index contributed by atoms with van der Waals surface area (Å²) in [6, 6.07) is 6.31. The smallest absolute Gasteiger partial charge is 0.429 e. The lowest BCUT2D eigenvalue weighted by molar-refractivity contribution is -0.187. The minimum Gasteiger partial charge on any atom is -0.491 e. The predicted molar refractivity (Wildman–Crippen MR) is 112 cm³/mol. The van der Waals surface area contributed by atoms with Crippen LogP contribution in [0.1, 0.15) is 42.5 Å². The number of rotatable bonds is 7. The van der Waals surface area contributed by atoms with Crippen molar-refractivity contribution in [2.24, 2.45) is 0 Å². The van der Waals surface area contributed by atoms with Crippen LogP contribution in [0.15, 0.2) is 36.4 Å². The summed E-state index contributed by atoms with van der Waals surface area (Å²) in [7, 11) is 0. The number of alkyl halides is 2. The van der Waals surface area contributed by atoms with Gasteiger partial charge in [-0.2, -0.15) is 13.2 Å². The van der Waals surface area contributed by atoms with Gasteiger partial charge in [-0.1, -0.05) is 19.4 Å². The first kappa shape index (κ1) is 23.8. The lowest BCUT2D eigenvalue weighted by atomic mass is 9.95. The van der Waals surface area contributed by atoms with Gasteiger partial charge in [-0.05, 0) is 43.2 Å². The Kier molecular flexibility index (Phi) is 6.38. The predicted octanol–water partition coefficient (Wildman–Crippen LogP) is 7.42. The highest BCUT2D eigenvalue weighted by Crippen LogP contribution is 2.45. The zero-order valence-corrected chi connectivity index (χ0v) is 18.3. The Bertz CT molecular complexity index is 1240. The molecule has 0 saturated heterocycles. The maximum atomic E-state index is 15.1. The molecule has 1 heterocycles. The molecule has 1 aliphatic heterocycles. The lowest BCUT2D eigenvalue weighted by Gasteiger charge is -2.25. The molecular formula is C25H20F6O3. The van der Waals surface area contributed by atoms with Crippen LogP contribution in [-0.2, 0) is 19.0 Å². The van der Waals surface area contributed by atoms with E-state index in [2.05, 4.69) is 4.74 Å². The molecule has 3 aromatic carbocycles. The highest BCUT2D eigenvalue weighted by Gasteiger charge is 2.41. The SMILES string of the molecule is CCCc1cc2c(c(F)c1F)Oc1c(ccc(C(F)(F)Oc3ccc(OCC)c(F)c3)c1F)C2. The summed E-state index contributed by atoms with van der Waals surface area (Å²) < 4.78 is 103. The second kappa shape index (κ2) is 9.12. The molecule has 0 aromatic heterocycles. The first-order valence-corrected chi connectivity index (χ1v) is 10.6. The molecule has 0 bridgehead atoms. The van der Waals surface area contributed by atoms with Crippen LogP contribution in [0, 0.1) is 23.3 Å². The molecule has 4 rings (SSSR count). The van der Waals surface area contributed by atoms with Gasteiger partial charge in [0.25, 0.3) is 0 Å². The van der Waals surface area contributed by atoms with E-state index in [0.717, 1.165) is 18.2 Å². The van der Waals surface area contributed by atoms with Gasteiger partial charge in [-0.15, -0.1) is 0 Å².